The van der Waals surface area contributed by atoms with Crippen LogP contribution >= 0.6 is 0 Å². The summed E-state index contributed by atoms with van der Waals surface area (Å²) in [4.78, 5) is 42.9. The molecule has 4 fully saturated rings. The van der Waals surface area contributed by atoms with Crippen LogP contribution in [-0.4, -0.2) is 71.3 Å². The molecule has 2 heterocycles. The van der Waals surface area contributed by atoms with Crippen LogP contribution in [0.1, 0.15) is 87.3 Å². The first-order valence-corrected chi connectivity index (χ1v) is 16.6. The fourth-order valence-corrected chi connectivity index (χ4v) is 7.43. The van der Waals surface area contributed by atoms with Crippen LogP contribution in [0.25, 0.3) is 0 Å². The molecule has 2 aromatic rings. The molecule has 3 saturated carbocycles. The Labute approximate surface area is 264 Å². The minimum Gasteiger partial charge on any atom is -0.379 e. The number of morpholine rings is 1. The first kappa shape index (κ1) is 31.7. The van der Waals surface area contributed by atoms with Gasteiger partial charge in [-0.15, -0.1) is 0 Å². The van der Waals surface area contributed by atoms with Crippen molar-refractivity contribution in [3.63, 3.8) is 0 Å². The number of amides is 3. The van der Waals surface area contributed by atoms with Gasteiger partial charge >= 0.3 is 0 Å². The summed E-state index contributed by atoms with van der Waals surface area (Å²) in [5.74, 6) is -1.32. The highest BCUT2D eigenvalue weighted by molar-refractivity contribution is 6.01. The Balaban J connectivity index is 1.22. The summed E-state index contributed by atoms with van der Waals surface area (Å²) in [5.41, 5.74) is 0.977. The molecule has 1 aliphatic heterocycles. The van der Waals surface area contributed by atoms with Gasteiger partial charge in [-0.3, -0.25) is 24.0 Å². The molecule has 11 heteroatoms. The number of carbonyl (C=O) groups is 3. The predicted molar refractivity (Wildman–Crippen MR) is 168 cm³/mol. The average molecular weight is 623 g/mol. The molecule has 0 bridgehead atoms. The predicted octanol–water partition coefficient (Wildman–Crippen LogP) is 4.19. The maximum absolute atomic E-state index is 15.8. The van der Waals surface area contributed by atoms with E-state index in [0.717, 1.165) is 44.9 Å². The number of halogens is 1. The van der Waals surface area contributed by atoms with E-state index in [1.165, 1.54) is 23.2 Å². The normalized spacial score (nSPS) is 22.7. The van der Waals surface area contributed by atoms with Gasteiger partial charge in [0.05, 0.1) is 18.9 Å². The number of benzene rings is 1. The smallest absolute Gasteiger partial charge is 0.270 e. The Kier molecular flexibility index (Phi) is 9.03. The fourth-order valence-electron chi connectivity index (χ4n) is 7.43. The van der Waals surface area contributed by atoms with Crippen molar-refractivity contribution in [2.24, 2.45) is 29.7 Å². The molecule has 45 heavy (non-hydrogen) atoms. The number of hydrogen-bond acceptors (Lipinski definition) is 6. The van der Waals surface area contributed by atoms with Crippen molar-refractivity contribution >= 4 is 23.4 Å². The minimum absolute atomic E-state index is 0.0277. The number of carbonyl (C=O) groups excluding carboxylic acids is 3. The molecular weight excluding hydrogens is 575 g/mol. The quantitative estimate of drug-likeness (QED) is 0.327. The number of nitrogens with zero attached hydrogens (tertiary/aromatic N) is 3. The summed E-state index contributed by atoms with van der Waals surface area (Å²) >= 11 is 0. The molecule has 0 radical (unpaired) electrons. The van der Waals surface area contributed by atoms with Crippen molar-refractivity contribution in [2.45, 2.75) is 77.3 Å². The van der Waals surface area contributed by atoms with Crippen LogP contribution in [-0.2, 0) is 21.4 Å². The summed E-state index contributed by atoms with van der Waals surface area (Å²) in [6.45, 7) is 7.10. The molecule has 2 unspecified atom stereocenters. The Bertz CT molecular complexity index is 1410. The second kappa shape index (κ2) is 12.8. The molecule has 3 atom stereocenters. The molecule has 1 aromatic carbocycles. The fraction of sp³-hybridized carbons (Fsp3) is 0.647. The highest BCUT2D eigenvalue weighted by Crippen LogP contribution is 2.58. The average Bonchev–Trinajstić information content (AvgIpc) is 3.58. The number of anilines is 1. The summed E-state index contributed by atoms with van der Waals surface area (Å²) in [6.07, 6.45) is 10.0. The van der Waals surface area contributed by atoms with Crippen LogP contribution in [0, 0.1) is 28.5 Å². The Morgan fingerprint density at radius 2 is 1.78 bits per heavy atom. The zero-order valence-corrected chi connectivity index (χ0v) is 26.7. The van der Waals surface area contributed by atoms with E-state index in [9.17, 15) is 14.4 Å². The Morgan fingerprint density at radius 3 is 2.33 bits per heavy atom. The molecule has 244 valence electrons. The van der Waals surface area contributed by atoms with Crippen molar-refractivity contribution < 1.29 is 23.5 Å². The molecule has 1 saturated heterocycles. The van der Waals surface area contributed by atoms with Crippen molar-refractivity contribution in [1.82, 2.24) is 25.3 Å². The second-order valence-electron chi connectivity index (χ2n) is 14.3. The van der Waals surface area contributed by atoms with E-state index in [1.807, 2.05) is 4.90 Å². The maximum atomic E-state index is 15.8. The summed E-state index contributed by atoms with van der Waals surface area (Å²) in [5, 5.41) is 13.1. The third kappa shape index (κ3) is 6.79. The Morgan fingerprint density at radius 1 is 1.04 bits per heavy atom. The molecule has 10 nitrogen and oxygen atoms in total. The number of hydrogen-bond donors (Lipinski definition) is 3. The van der Waals surface area contributed by atoms with Crippen LogP contribution in [0.5, 0.6) is 0 Å². The standard InChI is InChI=1S/C34H47FN6O4/c1-33(11-5-12-33)21-36-32(44)29(41-16-18-45-19-17-41)23-8-9-25(24(35)20-23)38-31(43)28(39-30(42)26-10-15-37-40(26)3)27(22-6-4-7-22)34(2)13-14-34/h8-10,15,20,22,27-29H,4-7,11-14,16-19,21H2,1-3H3,(H,36,44)(H,38,43)(H,39,42)/t27?,28-,29?/m0/s1. The van der Waals surface area contributed by atoms with Gasteiger partial charge in [0, 0.05) is 32.9 Å². The van der Waals surface area contributed by atoms with Crippen molar-refractivity contribution in [2.75, 3.05) is 38.2 Å². The van der Waals surface area contributed by atoms with Gasteiger partial charge in [-0.05, 0) is 72.1 Å². The molecule has 6 rings (SSSR count). The second-order valence-corrected chi connectivity index (χ2v) is 14.3. The summed E-state index contributed by atoms with van der Waals surface area (Å²) < 4.78 is 22.8. The number of nitrogens with one attached hydrogen (secondary N) is 3. The van der Waals surface area contributed by atoms with E-state index in [2.05, 4.69) is 34.9 Å². The van der Waals surface area contributed by atoms with Gasteiger partial charge in [0.15, 0.2) is 0 Å². The van der Waals surface area contributed by atoms with Crippen molar-refractivity contribution in [3.05, 3.63) is 47.5 Å². The van der Waals surface area contributed by atoms with Gasteiger partial charge in [0.25, 0.3) is 5.91 Å². The van der Waals surface area contributed by atoms with Crippen LogP contribution < -0.4 is 16.0 Å². The third-order valence-corrected chi connectivity index (χ3v) is 11.0. The van der Waals surface area contributed by atoms with Crippen LogP contribution in [0.4, 0.5) is 10.1 Å². The number of ether oxygens (including phenoxy) is 1. The monoisotopic (exact) mass is 622 g/mol. The number of rotatable bonds is 12. The SMILES string of the molecule is Cn1nccc1C(=O)N[C@H](C(=O)Nc1ccc(C(C(=O)NCC2(C)CCC2)N2CCOCC2)cc1F)C(C1CCC1)C1(C)CC1. The van der Waals surface area contributed by atoms with Crippen LogP contribution in [0.15, 0.2) is 30.5 Å². The first-order chi connectivity index (χ1) is 21.6. The van der Waals surface area contributed by atoms with E-state index in [4.69, 9.17) is 4.74 Å². The lowest BCUT2D eigenvalue weighted by atomic mass is 9.66. The van der Waals surface area contributed by atoms with E-state index in [1.54, 1.807) is 25.4 Å². The van der Waals surface area contributed by atoms with E-state index in [0.29, 0.717) is 50.0 Å². The van der Waals surface area contributed by atoms with Gasteiger partial charge in [0.1, 0.15) is 23.6 Å². The maximum Gasteiger partial charge on any atom is 0.270 e. The molecule has 3 aliphatic carbocycles. The zero-order valence-electron chi connectivity index (χ0n) is 26.7. The lowest BCUT2D eigenvalue weighted by Gasteiger charge is -2.42. The Hall–Kier alpha value is -3.31. The highest BCUT2D eigenvalue weighted by atomic mass is 19.1. The topological polar surface area (TPSA) is 118 Å². The van der Waals surface area contributed by atoms with E-state index >= 15 is 4.39 Å². The van der Waals surface area contributed by atoms with Gasteiger partial charge in [-0.25, -0.2) is 4.39 Å². The lowest BCUT2D eigenvalue weighted by Crippen LogP contribution is -2.54. The van der Waals surface area contributed by atoms with Gasteiger partial charge in [-0.2, -0.15) is 5.10 Å². The lowest BCUT2D eigenvalue weighted by molar-refractivity contribution is -0.129. The first-order valence-electron chi connectivity index (χ1n) is 16.6. The van der Waals surface area contributed by atoms with Gasteiger partial charge in [0.2, 0.25) is 11.8 Å². The molecule has 1 aromatic heterocycles. The number of aromatic nitrogens is 2. The molecule has 4 aliphatic rings. The summed E-state index contributed by atoms with van der Waals surface area (Å²) in [6, 6.07) is 4.74. The molecular formula is C34H47FN6O4. The third-order valence-electron chi connectivity index (χ3n) is 11.0. The van der Waals surface area contributed by atoms with Crippen molar-refractivity contribution in [3.8, 4) is 0 Å². The largest absolute Gasteiger partial charge is 0.379 e. The highest BCUT2D eigenvalue weighted by Gasteiger charge is 2.54. The number of aryl methyl sites for hydroxylation is 1. The van der Waals surface area contributed by atoms with E-state index < -0.39 is 23.8 Å². The van der Waals surface area contributed by atoms with E-state index in [-0.39, 0.29) is 34.2 Å². The molecule has 0 spiro atoms. The van der Waals surface area contributed by atoms with Gasteiger partial charge < -0.3 is 20.7 Å². The van der Waals surface area contributed by atoms with Crippen molar-refractivity contribution in [1.29, 1.82) is 0 Å². The zero-order chi connectivity index (χ0) is 31.8. The summed E-state index contributed by atoms with van der Waals surface area (Å²) in [7, 11) is 1.69. The van der Waals surface area contributed by atoms with Crippen LogP contribution in [0.3, 0.4) is 0 Å². The van der Waals surface area contributed by atoms with Gasteiger partial charge in [-0.1, -0.05) is 45.6 Å². The van der Waals surface area contributed by atoms with Crippen LogP contribution in [0.2, 0.25) is 0 Å². The molecule has 3 N–H and O–H groups in total. The molecule has 3 amide bonds. The minimum atomic E-state index is -0.830.